The average Bonchev–Trinajstić information content (AvgIpc) is 3.57. The summed E-state index contributed by atoms with van der Waals surface area (Å²) in [5.74, 6) is 1.34. The minimum absolute atomic E-state index is 0.0840. The Labute approximate surface area is 205 Å². The third kappa shape index (κ3) is 3.52. The lowest BCUT2D eigenvalue weighted by molar-refractivity contribution is 0.0730. The first-order chi connectivity index (χ1) is 16.6. The largest absolute Gasteiger partial charge is 0.454 e. The van der Waals surface area contributed by atoms with Crippen molar-refractivity contribution in [2.45, 2.75) is 17.5 Å². The van der Waals surface area contributed by atoms with Crippen LogP contribution in [-0.2, 0) is 6.54 Å². The molecule has 0 saturated carbocycles. The molecule has 0 saturated heterocycles. The van der Waals surface area contributed by atoms with E-state index in [-0.39, 0.29) is 18.7 Å². The first-order valence-corrected chi connectivity index (χ1v) is 12.4. The zero-order valence-electron chi connectivity index (χ0n) is 18.2. The van der Waals surface area contributed by atoms with Gasteiger partial charge in [0.2, 0.25) is 6.79 Å². The van der Waals surface area contributed by atoms with Gasteiger partial charge in [0.1, 0.15) is 5.69 Å². The van der Waals surface area contributed by atoms with Crippen LogP contribution in [0.3, 0.4) is 0 Å². The van der Waals surface area contributed by atoms with Crippen molar-refractivity contribution in [2.75, 3.05) is 13.0 Å². The summed E-state index contributed by atoms with van der Waals surface area (Å²) < 4.78 is 11.0. The fourth-order valence-electron chi connectivity index (χ4n) is 4.56. The van der Waals surface area contributed by atoms with E-state index in [1.54, 1.807) is 11.8 Å². The normalized spacial score (nSPS) is 16.2. The van der Waals surface area contributed by atoms with Gasteiger partial charge in [-0.3, -0.25) is 9.89 Å². The Balaban J connectivity index is 1.45. The minimum atomic E-state index is -0.284. The number of fused-ring (bicyclic) bond motifs is 2. The molecule has 1 aromatic heterocycles. The Bertz CT molecular complexity index is 1390. The van der Waals surface area contributed by atoms with Crippen LogP contribution >= 0.6 is 23.4 Å². The number of nitrogens with zero attached hydrogens (tertiary/aromatic N) is 2. The monoisotopic (exact) mass is 489 g/mol. The van der Waals surface area contributed by atoms with E-state index in [1.165, 1.54) is 4.90 Å². The molecule has 6 nitrogen and oxygen atoms in total. The molecule has 1 N–H and O–H groups in total. The molecule has 0 spiro atoms. The second-order valence-electron chi connectivity index (χ2n) is 8.16. The van der Waals surface area contributed by atoms with Crippen LogP contribution in [0.15, 0.2) is 71.6 Å². The molecular formula is C26H20ClN3O3S. The summed E-state index contributed by atoms with van der Waals surface area (Å²) in [7, 11) is 0. The van der Waals surface area contributed by atoms with Gasteiger partial charge in [0.15, 0.2) is 11.5 Å². The van der Waals surface area contributed by atoms with Crippen LogP contribution in [0.1, 0.15) is 33.2 Å². The molecular weight excluding hydrogens is 470 g/mol. The molecule has 1 amide bonds. The number of aromatic nitrogens is 2. The molecule has 3 heterocycles. The van der Waals surface area contributed by atoms with Gasteiger partial charge >= 0.3 is 0 Å². The van der Waals surface area contributed by atoms with Crippen molar-refractivity contribution in [1.82, 2.24) is 15.1 Å². The maximum Gasteiger partial charge on any atom is 0.273 e. The molecule has 0 radical (unpaired) electrons. The summed E-state index contributed by atoms with van der Waals surface area (Å²) in [5.41, 5.74) is 5.06. The van der Waals surface area contributed by atoms with Gasteiger partial charge in [0.05, 0.1) is 11.7 Å². The van der Waals surface area contributed by atoms with Crippen LogP contribution in [0.5, 0.6) is 11.5 Å². The zero-order valence-corrected chi connectivity index (χ0v) is 19.8. The van der Waals surface area contributed by atoms with Crippen molar-refractivity contribution in [1.29, 1.82) is 0 Å². The first-order valence-electron chi connectivity index (χ1n) is 10.8. The molecule has 2 aliphatic rings. The maximum absolute atomic E-state index is 13.6. The number of amides is 1. The lowest BCUT2D eigenvalue weighted by Gasteiger charge is -2.27. The molecule has 3 aromatic carbocycles. The predicted octanol–water partition coefficient (Wildman–Crippen LogP) is 5.93. The summed E-state index contributed by atoms with van der Waals surface area (Å²) in [6.07, 6.45) is 2.05. The molecule has 1 unspecified atom stereocenters. The highest BCUT2D eigenvalue weighted by Crippen LogP contribution is 2.44. The van der Waals surface area contributed by atoms with Gasteiger partial charge in [-0.15, -0.1) is 11.8 Å². The van der Waals surface area contributed by atoms with Crippen molar-refractivity contribution in [3.05, 3.63) is 94.1 Å². The first kappa shape index (κ1) is 21.1. The number of hydrogen-bond acceptors (Lipinski definition) is 5. The lowest BCUT2D eigenvalue weighted by Crippen LogP contribution is -2.29. The van der Waals surface area contributed by atoms with Gasteiger partial charge in [-0.25, -0.2) is 0 Å². The van der Waals surface area contributed by atoms with Crippen LogP contribution in [0, 0.1) is 0 Å². The molecule has 170 valence electrons. The number of hydrogen-bond donors (Lipinski definition) is 1. The Morgan fingerprint density at radius 2 is 1.82 bits per heavy atom. The fourth-order valence-corrected chi connectivity index (χ4v) is 5.09. The second kappa shape index (κ2) is 8.42. The number of aromatic amines is 1. The number of nitrogens with one attached hydrogen (secondary N) is 1. The third-order valence-electron chi connectivity index (χ3n) is 6.20. The van der Waals surface area contributed by atoms with Crippen LogP contribution in [0.2, 0.25) is 5.02 Å². The van der Waals surface area contributed by atoms with Crippen LogP contribution < -0.4 is 9.47 Å². The maximum atomic E-state index is 13.6. The van der Waals surface area contributed by atoms with E-state index in [4.69, 9.17) is 21.1 Å². The van der Waals surface area contributed by atoms with E-state index >= 15 is 0 Å². The average molecular weight is 490 g/mol. The van der Waals surface area contributed by atoms with Crippen LogP contribution in [0.4, 0.5) is 0 Å². The standard InChI is InChI=1S/C26H20ClN3O3S/c1-34-19-9-5-17(6-10-19)25-22-23(16-3-7-18(27)8-4-16)28-29-24(22)26(31)30(25)13-15-2-11-20-21(12-15)33-14-32-20/h2-12,25H,13-14H2,1H3,(H,28,29). The number of rotatable bonds is 5. The highest BCUT2D eigenvalue weighted by atomic mass is 35.5. The Morgan fingerprint density at radius 1 is 1.06 bits per heavy atom. The Hall–Kier alpha value is -3.42. The van der Waals surface area contributed by atoms with Gasteiger partial charge in [0, 0.05) is 27.6 Å². The highest BCUT2D eigenvalue weighted by Gasteiger charge is 2.42. The quantitative estimate of drug-likeness (QED) is 0.352. The molecule has 0 bridgehead atoms. The van der Waals surface area contributed by atoms with Crippen molar-refractivity contribution in [3.8, 4) is 22.8 Å². The van der Waals surface area contributed by atoms with Crippen LogP contribution in [-0.4, -0.2) is 34.1 Å². The summed E-state index contributed by atoms with van der Waals surface area (Å²) in [6.45, 7) is 0.638. The summed E-state index contributed by atoms with van der Waals surface area (Å²) in [5, 5.41) is 8.19. The Morgan fingerprint density at radius 3 is 2.59 bits per heavy atom. The SMILES string of the molecule is CSc1ccc(C2c3c(-c4ccc(Cl)cc4)n[nH]c3C(=O)N2Cc2ccc3c(c2)OCO3)cc1. The smallest absolute Gasteiger partial charge is 0.273 e. The summed E-state index contributed by atoms with van der Waals surface area (Å²) in [6, 6.07) is 21.4. The predicted molar refractivity (Wildman–Crippen MR) is 132 cm³/mol. The molecule has 4 aromatic rings. The van der Waals surface area contributed by atoms with E-state index in [0.717, 1.165) is 33.7 Å². The third-order valence-corrected chi connectivity index (χ3v) is 7.20. The Kier molecular flexibility index (Phi) is 5.23. The number of carbonyl (C=O) groups is 1. The lowest BCUT2D eigenvalue weighted by atomic mass is 9.96. The van der Waals surface area contributed by atoms with Gasteiger partial charge in [-0.2, -0.15) is 5.10 Å². The molecule has 6 rings (SSSR count). The van der Waals surface area contributed by atoms with Crippen molar-refractivity contribution in [3.63, 3.8) is 0 Å². The number of thioether (sulfide) groups is 1. The number of H-pyrrole nitrogens is 1. The van der Waals surface area contributed by atoms with E-state index in [2.05, 4.69) is 34.5 Å². The molecule has 34 heavy (non-hydrogen) atoms. The zero-order chi connectivity index (χ0) is 23.2. The van der Waals surface area contributed by atoms with E-state index in [0.29, 0.717) is 23.0 Å². The van der Waals surface area contributed by atoms with Gasteiger partial charge < -0.3 is 14.4 Å². The highest BCUT2D eigenvalue weighted by molar-refractivity contribution is 7.98. The number of benzene rings is 3. The van der Waals surface area contributed by atoms with Crippen molar-refractivity contribution < 1.29 is 14.3 Å². The molecule has 1 atom stereocenters. The van der Waals surface area contributed by atoms with Crippen molar-refractivity contribution >= 4 is 29.3 Å². The van der Waals surface area contributed by atoms with E-state index in [1.807, 2.05) is 53.6 Å². The van der Waals surface area contributed by atoms with E-state index in [9.17, 15) is 4.79 Å². The minimum Gasteiger partial charge on any atom is -0.454 e. The second-order valence-corrected chi connectivity index (χ2v) is 9.48. The fraction of sp³-hybridized carbons (Fsp3) is 0.154. The molecule has 8 heteroatoms. The van der Waals surface area contributed by atoms with Gasteiger partial charge in [0.25, 0.3) is 5.91 Å². The van der Waals surface area contributed by atoms with E-state index < -0.39 is 0 Å². The summed E-state index contributed by atoms with van der Waals surface area (Å²) >= 11 is 7.80. The number of ether oxygens (including phenoxy) is 2. The number of carbonyl (C=O) groups excluding carboxylic acids is 1. The topological polar surface area (TPSA) is 67.5 Å². The van der Waals surface area contributed by atoms with Gasteiger partial charge in [-0.1, -0.05) is 41.9 Å². The molecule has 2 aliphatic heterocycles. The summed E-state index contributed by atoms with van der Waals surface area (Å²) in [4.78, 5) is 16.7. The van der Waals surface area contributed by atoms with Gasteiger partial charge in [-0.05, 0) is 53.8 Å². The number of halogens is 1. The molecule has 0 aliphatic carbocycles. The molecule has 0 fully saturated rings. The van der Waals surface area contributed by atoms with Crippen LogP contribution in [0.25, 0.3) is 11.3 Å². The van der Waals surface area contributed by atoms with Crippen molar-refractivity contribution in [2.24, 2.45) is 0 Å².